The predicted molar refractivity (Wildman–Crippen MR) is 155 cm³/mol. The normalized spacial score (nSPS) is 17.1. The number of aryl methyl sites for hydroxylation is 2. The summed E-state index contributed by atoms with van der Waals surface area (Å²) in [5.74, 6) is -0.0378. The van der Waals surface area contributed by atoms with Crippen molar-refractivity contribution in [2.24, 2.45) is 5.73 Å². The van der Waals surface area contributed by atoms with E-state index in [-0.39, 0.29) is 23.9 Å². The maximum atomic E-state index is 13.5. The minimum absolute atomic E-state index is 0.204. The molecule has 40 heavy (non-hydrogen) atoms. The fourth-order valence-corrected chi connectivity index (χ4v) is 6.44. The molecule has 204 valence electrons. The average Bonchev–Trinajstić information content (AvgIpc) is 3.66. The van der Waals surface area contributed by atoms with E-state index in [9.17, 15) is 9.59 Å². The van der Waals surface area contributed by atoms with Gasteiger partial charge >= 0.3 is 0 Å². The standard InChI is InChI=1S/C28H27ClN8O2S/c1-14-7-19-18(5-6-32-25(19)31)15(2)20(14)9-33-26(38)22-13-40-27(35-22)23-8-17(30)11-37(23)28(39)21-12-36-10-16(29)3-4-24(36)34-21/h3-7,10,12-13,17,23H,8-9,11,30H2,1-2H3,(H2,31,32)(H,33,38)/t17-,23+/m1/s1. The number of amides is 2. The van der Waals surface area contributed by atoms with E-state index in [1.54, 1.807) is 45.4 Å². The van der Waals surface area contributed by atoms with Crippen molar-refractivity contribution in [3.63, 3.8) is 0 Å². The summed E-state index contributed by atoms with van der Waals surface area (Å²) < 4.78 is 1.72. The van der Waals surface area contributed by atoms with Gasteiger partial charge in [-0.1, -0.05) is 11.6 Å². The summed E-state index contributed by atoms with van der Waals surface area (Å²) in [5, 5.41) is 7.84. The first-order valence-electron chi connectivity index (χ1n) is 12.8. The lowest BCUT2D eigenvalue weighted by Crippen LogP contribution is -2.33. The van der Waals surface area contributed by atoms with Crippen LogP contribution in [-0.2, 0) is 6.54 Å². The maximum Gasteiger partial charge on any atom is 0.274 e. The Bertz CT molecular complexity index is 1800. The number of thiazole rings is 1. The molecule has 5 heterocycles. The summed E-state index contributed by atoms with van der Waals surface area (Å²) in [6, 6.07) is 6.87. The zero-order valence-electron chi connectivity index (χ0n) is 21.9. The Kier molecular flexibility index (Phi) is 6.65. The van der Waals surface area contributed by atoms with Gasteiger partial charge in [0.15, 0.2) is 0 Å². The van der Waals surface area contributed by atoms with E-state index in [0.717, 1.165) is 27.5 Å². The molecule has 1 saturated heterocycles. The number of halogens is 1. The number of carbonyl (C=O) groups is 2. The first kappa shape index (κ1) is 26.2. The van der Waals surface area contributed by atoms with Gasteiger partial charge in [-0.3, -0.25) is 9.59 Å². The molecule has 1 aliphatic heterocycles. The van der Waals surface area contributed by atoms with Crippen LogP contribution >= 0.6 is 22.9 Å². The Hall–Kier alpha value is -4.06. The lowest BCUT2D eigenvalue weighted by Gasteiger charge is -2.21. The molecule has 2 amide bonds. The molecule has 0 radical (unpaired) electrons. The number of nitrogens with one attached hydrogen (secondary N) is 1. The third-order valence-corrected chi connectivity index (χ3v) is 8.58. The third kappa shape index (κ3) is 4.66. The molecule has 6 rings (SSSR count). The number of fused-ring (bicyclic) bond motifs is 2. The second-order valence-electron chi connectivity index (χ2n) is 10.1. The van der Waals surface area contributed by atoms with Gasteiger partial charge in [0.25, 0.3) is 11.8 Å². The molecule has 5 N–H and O–H groups in total. The molecular weight excluding hydrogens is 548 g/mol. The van der Waals surface area contributed by atoms with Gasteiger partial charge < -0.3 is 26.1 Å². The Balaban J connectivity index is 1.19. The van der Waals surface area contributed by atoms with Gasteiger partial charge in [0.1, 0.15) is 27.9 Å². The van der Waals surface area contributed by atoms with Crippen LogP contribution in [0.5, 0.6) is 0 Å². The fraction of sp³-hybridized carbons (Fsp3) is 0.250. The summed E-state index contributed by atoms with van der Waals surface area (Å²) in [6.07, 6.45) is 5.60. The van der Waals surface area contributed by atoms with Crippen molar-refractivity contribution in [3.05, 3.63) is 86.3 Å². The summed E-state index contributed by atoms with van der Waals surface area (Å²) in [7, 11) is 0. The molecule has 0 aliphatic carbocycles. The van der Waals surface area contributed by atoms with E-state index in [2.05, 4.69) is 20.3 Å². The number of benzene rings is 1. The number of hydrogen-bond acceptors (Lipinski definition) is 8. The van der Waals surface area contributed by atoms with Gasteiger partial charge in [-0.2, -0.15) is 0 Å². The first-order chi connectivity index (χ1) is 19.2. The Labute approximate surface area is 239 Å². The lowest BCUT2D eigenvalue weighted by molar-refractivity contribution is 0.0728. The average molecular weight is 575 g/mol. The molecule has 1 aromatic carbocycles. The number of imidazole rings is 1. The molecule has 4 aromatic heterocycles. The van der Waals surface area contributed by atoms with Crippen molar-refractivity contribution in [2.45, 2.75) is 38.9 Å². The highest BCUT2D eigenvalue weighted by Crippen LogP contribution is 2.35. The number of aromatic nitrogens is 4. The van der Waals surface area contributed by atoms with E-state index in [0.29, 0.717) is 52.4 Å². The van der Waals surface area contributed by atoms with Crippen molar-refractivity contribution >= 4 is 57.0 Å². The lowest BCUT2D eigenvalue weighted by atomic mass is 9.96. The number of hydrogen-bond donors (Lipinski definition) is 3. The zero-order valence-corrected chi connectivity index (χ0v) is 23.5. The molecule has 10 nitrogen and oxygen atoms in total. The number of nitrogens with zero attached hydrogens (tertiary/aromatic N) is 5. The molecule has 0 saturated carbocycles. The van der Waals surface area contributed by atoms with E-state index in [1.165, 1.54) is 11.3 Å². The minimum atomic E-state index is -0.341. The highest BCUT2D eigenvalue weighted by Gasteiger charge is 2.38. The van der Waals surface area contributed by atoms with Crippen molar-refractivity contribution in [1.29, 1.82) is 0 Å². The molecule has 5 aromatic rings. The number of carbonyl (C=O) groups excluding carboxylic acids is 2. The van der Waals surface area contributed by atoms with Crippen molar-refractivity contribution in [2.75, 3.05) is 12.3 Å². The Morgan fingerprint density at radius 2 is 1.98 bits per heavy atom. The molecule has 1 fully saturated rings. The summed E-state index contributed by atoms with van der Waals surface area (Å²) in [6.45, 7) is 4.73. The summed E-state index contributed by atoms with van der Waals surface area (Å²) in [4.78, 5) is 41.5. The maximum absolute atomic E-state index is 13.5. The fourth-order valence-electron chi connectivity index (χ4n) is 5.35. The van der Waals surface area contributed by atoms with Gasteiger partial charge in [-0.15, -0.1) is 11.3 Å². The second-order valence-corrected chi connectivity index (χ2v) is 11.4. The van der Waals surface area contributed by atoms with Crippen LogP contribution in [0.4, 0.5) is 5.82 Å². The van der Waals surface area contributed by atoms with Gasteiger partial charge in [-0.25, -0.2) is 15.0 Å². The summed E-state index contributed by atoms with van der Waals surface area (Å²) >= 11 is 7.43. The van der Waals surface area contributed by atoms with Gasteiger partial charge in [0.2, 0.25) is 0 Å². The molecular formula is C28H27ClN8O2S. The van der Waals surface area contributed by atoms with Crippen LogP contribution in [-0.4, -0.2) is 48.7 Å². The summed E-state index contributed by atoms with van der Waals surface area (Å²) in [5.41, 5.74) is 16.6. The SMILES string of the molecule is Cc1cc2c(N)nccc2c(C)c1CNC(=O)c1csc([C@@H]2C[C@@H](N)CN2C(=O)c2cn3cc(Cl)ccc3n2)n1. The quantitative estimate of drug-likeness (QED) is 0.287. The molecule has 12 heteroatoms. The largest absolute Gasteiger partial charge is 0.383 e. The van der Waals surface area contributed by atoms with E-state index in [4.69, 9.17) is 23.1 Å². The number of likely N-dealkylation sites (tertiary alicyclic amines) is 1. The van der Waals surface area contributed by atoms with Gasteiger partial charge in [-0.05, 0) is 66.6 Å². The molecule has 0 unspecified atom stereocenters. The smallest absolute Gasteiger partial charge is 0.274 e. The number of anilines is 1. The molecule has 0 bridgehead atoms. The third-order valence-electron chi connectivity index (χ3n) is 7.41. The first-order valence-corrected chi connectivity index (χ1v) is 14.0. The van der Waals surface area contributed by atoms with E-state index >= 15 is 0 Å². The highest BCUT2D eigenvalue weighted by atomic mass is 35.5. The highest BCUT2D eigenvalue weighted by molar-refractivity contribution is 7.09. The topological polar surface area (TPSA) is 145 Å². The minimum Gasteiger partial charge on any atom is -0.383 e. The van der Waals surface area contributed by atoms with E-state index in [1.807, 2.05) is 26.0 Å². The van der Waals surface area contributed by atoms with Crippen LogP contribution in [0.1, 0.15) is 55.1 Å². The second kappa shape index (κ2) is 10.2. The molecule has 1 aliphatic rings. The Morgan fingerprint density at radius 1 is 1.15 bits per heavy atom. The number of rotatable bonds is 5. The van der Waals surface area contributed by atoms with Gasteiger partial charge in [0.05, 0.1) is 11.1 Å². The van der Waals surface area contributed by atoms with Crippen LogP contribution in [0.25, 0.3) is 16.4 Å². The van der Waals surface area contributed by atoms with Crippen molar-refractivity contribution in [3.8, 4) is 0 Å². The molecule has 0 spiro atoms. The van der Waals surface area contributed by atoms with Crippen molar-refractivity contribution < 1.29 is 9.59 Å². The number of pyridine rings is 2. The van der Waals surface area contributed by atoms with Crippen LogP contribution in [0.15, 0.2) is 48.2 Å². The molecule has 2 atom stereocenters. The predicted octanol–water partition coefficient (Wildman–Crippen LogP) is 4.04. The van der Waals surface area contributed by atoms with Crippen LogP contribution in [0.3, 0.4) is 0 Å². The monoisotopic (exact) mass is 574 g/mol. The number of nitrogen functional groups attached to an aromatic ring is 1. The Morgan fingerprint density at radius 3 is 2.80 bits per heavy atom. The van der Waals surface area contributed by atoms with Crippen LogP contribution in [0, 0.1) is 13.8 Å². The van der Waals surface area contributed by atoms with Crippen LogP contribution < -0.4 is 16.8 Å². The van der Waals surface area contributed by atoms with Crippen LogP contribution in [0.2, 0.25) is 5.02 Å². The van der Waals surface area contributed by atoms with E-state index < -0.39 is 0 Å². The van der Waals surface area contributed by atoms with Crippen molar-refractivity contribution in [1.82, 2.24) is 29.6 Å². The van der Waals surface area contributed by atoms with Gasteiger partial charge in [0, 0.05) is 48.5 Å². The number of nitrogens with two attached hydrogens (primary N) is 2. The zero-order chi connectivity index (χ0) is 28.1.